The van der Waals surface area contributed by atoms with Gasteiger partial charge >= 0.3 is 0 Å². The van der Waals surface area contributed by atoms with Gasteiger partial charge in [-0.05, 0) is 43.7 Å². The molecular formula is C24H26O9. The number of phenols is 1. The highest BCUT2D eigenvalue weighted by atomic mass is 16.7. The maximum absolute atomic E-state index is 10.3. The van der Waals surface area contributed by atoms with Crippen LogP contribution in [-0.2, 0) is 11.2 Å². The minimum Gasteiger partial charge on any atom is -0.508 e. The van der Waals surface area contributed by atoms with Crippen LogP contribution in [0.25, 0.3) is 22.3 Å². The zero-order valence-corrected chi connectivity index (χ0v) is 18.1. The Labute approximate surface area is 189 Å². The van der Waals surface area contributed by atoms with Crippen molar-refractivity contribution in [3.63, 3.8) is 0 Å². The van der Waals surface area contributed by atoms with Crippen LogP contribution in [0.5, 0.6) is 17.2 Å². The van der Waals surface area contributed by atoms with E-state index in [0.717, 1.165) is 10.9 Å². The fraction of sp³-hybridized carbons (Fsp3) is 0.417. The highest BCUT2D eigenvalue weighted by Gasteiger charge is 2.39. The number of phenolic OH excluding ortho intramolecular Hbond substituents is 1. The van der Waals surface area contributed by atoms with Crippen molar-refractivity contribution in [1.82, 2.24) is 0 Å². The van der Waals surface area contributed by atoms with Gasteiger partial charge in [-0.25, -0.2) is 0 Å². The van der Waals surface area contributed by atoms with E-state index in [1.807, 2.05) is 26.0 Å². The predicted octanol–water partition coefficient (Wildman–Crippen LogP) is 1.70. The lowest BCUT2D eigenvalue weighted by Gasteiger charge is -2.36. The summed E-state index contributed by atoms with van der Waals surface area (Å²) in [5.41, 5.74) is 1.28. The van der Waals surface area contributed by atoms with E-state index in [1.54, 1.807) is 12.1 Å². The molecule has 9 heteroatoms. The Morgan fingerprint density at radius 3 is 2.55 bits per heavy atom. The summed E-state index contributed by atoms with van der Waals surface area (Å²) >= 11 is 0. The highest BCUT2D eigenvalue weighted by molar-refractivity contribution is 5.85. The van der Waals surface area contributed by atoms with E-state index in [9.17, 15) is 25.5 Å². The zero-order valence-electron chi connectivity index (χ0n) is 18.1. The lowest BCUT2D eigenvalue weighted by Crippen LogP contribution is -2.54. The van der Waals surface area contributed by atoms with Crippen molar-refractivity contribution < 1.29 is 44.2 Å². The van der Waals surface area contributed by atoms with E-state index >= 15 is 0 Å². The molecule has 9 nitrogen and oxygen atoms in total. The van der Waals surface area contributed by atoms with Gasteiger partial charge in [-0.2, -0.15) is 0 Å². The summed E-state index contributed by atoms with van der Waals surface area (Å²) in [4.78, 5) is 0. The van der Waals surface area contributed by atoms with Crippen LogP contribution in [0.2, 0.25) is 0 Å². The third-order valence-corrected chi connectivity index (χ3v) is 6.17. The molecule has 0 bridgehead atoms. The topological polar surface area (TPSA) is 142 Å². The summed E-state index contributed by atoms with van der Waals surface area (Å²) in [5.74, 6) is 1.21. The third-order valence-electron chi connectivity index (χ3n) is 6.17. The molecule has 5 N–H and O–H groups in total. The van der Waals surface area contributed by atoms with Gasteiger partial charge in [-0.1, -0.05) is 0 Å². The molecule has 2 aliphatic heterocycles. The van der Waals surface area contributed by atoms with Crippen LogP contribution in [-0.4, -0.2) is 68.4 Å². The van der Waals surface area contributed by atoms with Gasteiger partial charge in [-0.15, -0.1) is 0 Å². The Balaban J connectivity index is 1.45. The Morgan fingerprint density at radius 2 is 1.76 bits per heavy atom. The number of rotatable bonds is 3. The van der Waals surface area contributed by atoms with Crippen molar-refractivity contribution >= 4 is 11.0 Å². The van der Waals surface area contributed by atoms with Gasteiger partial charge in [0.2, 0.25) is 6.29 Å². The first-order valence-corrected chi connectivity index (χ1v) is 10.7. The molecule has 0 aliphatic carbocycles. The largest absolute Gasteiger partial charge is 0.508 e. The van der Waals surface area contributed by atoms with Gasteiger partial charge in [0.15, 0.2) is 0 Å². The van der Waals surface area contributed by atoms with Crippen LogP contribution in [0, 0.1) is 0 Å². The summed E-state index contributed by atoms with van der Waals surface area (Å²) in [7, 11) is 0. The Bertz CT molecular complexity index is 1180. The molecule has 0 radical (unpaired) electrons. The molecule has 5 rings (SSSR count). The van der Waals surface area contributed by atoms with Crippen molar-refractivity contribution in [2.45, 2.75) is 56.6 Å². The average molecular weight is 458 g/mol. The second-order valence-electron chi connectivity index (χ2n) is 9.12. The predicted molar refractivity (Wildman–Crippen MR) is 116 cm³/mol. The van der Waals surface area contributed by atoms with Crippen LogP contribution < -0.4 is 9.47 Å². The molecule has 2 aromatic carbocycles. The monoisotopic (exact) mass is 458 g/mol. The smallest absolute Gasteiger partial charge is 0.228 e. The molecule has 2 aliphatic rings. The molecule has 0 amide bonds. The molecule has 0 unspecified atom stereocenters. The van der Waals surface area contributed by atoms with E-state index in [1.165, 1.54) is 12.1 Å². The van der Waals surface area contributed by atoms with Crippen LogP contribution in [0.15, 0.2) is 40.8 Å². The third kappa shape index (κ3) is 4.03. The van der Waals surface area contributed by atoms with Gasteiger partial charge < -0.3 is 44.2 Å². The second-order valence-corrected chi connectivity index (χ2v) is 9.12. The molecule has 1 aromatic heterocycles. The summed E-state index contributed by atoms with van der Waals surface area (Å²) in [6.45, 7) is 3.47. The molecule has 33 heavy (non-hydrogen) atoms. The Hall–Kier alpha value is -2.82. The number of hydrogen-bond donors (Lipinski definition) is 5. The normalized spacial score (nSPS) is 28.8. The standard InChI is InChI=1S/C24H26O9/c1-24(2)20(27)7-12-3-11-6-17(32-18(11)9-19(12)33-24)13-4-14(25)8-15(5-13)31-23-22(29)21(28)16(26)10-30-23/h3-6,8-9,16,20-23,25-29H,7,10H2,1-2H3/t16-,20+,21-,22-,23-/m1/s1. The first-order chi connectivity index (χ1) is 15.6. The minimum absolute atomic E-state index is 0.0960. The van der Waals surface area contributed by atoms with Gasteiger partial charge in [0.05, 0.1) is 12.7 Å². The fourth-order valence-electron chi connectivity index (χ4n) is 4.13. The molecule has 0 saturated carbocycles. The van der Waals surface area contributed by atoms with E-state index < -0.39 is 36.3 Å². The first kappa shape index (κ1) is 22.0. The summed E-state index contributed by atoms with van der Waals surface area (Å²) in [5, 5.41) is 50.9. The number of aliphatic hydroxyl groups is 4. The van der Waals surface area contributed by atoms with Crippen LogP contribution in [0.3, 0.4) is 0 Å². The lowest BCUT2D eigenvalue weighted by atomic mass is 9.90. The quantitative estimate of drug-likeness (QED) is 0.396. The van der Waals surface area contributed by atoms with Crippen molar-refractivity contribution in [1.29, 1.82) is 0 Å². The molecule has 3 aromatic rings. The number of aliphatic hydroxyl groups excluding tert-OH is 4. The van der Waals surface area contributed by atoms with Gasteiger partial charge in [0, 0.05) is 29.5 Å². The molecule has 1 fully saturated rings. The molecule has 0 spiro atoms. The summed E-state index contributed by atoms with van der Waals surface area (Å²) in [6.07, 6.45) is -5.46. The number of benzene rings is 2. The number of fused-ring (bicyclic) bond motifs is 2. The average Bonchev–Trinajstić information content (AvgIpc) is 3.16. The van der Waals surface area contributed by atoms with E-state index in [2.05, 4.69) is 0 Å². The van der Waals surface area contributed by atoms with Gasteiger partial charge in [0.1, 0.15) is 52.5 Å². The van der Waals surface area contributed by atoms with Gasteiger partial charge in [0.25, 0.3) is 0 Å². The zero-order chi connectivity index (χ0) is 23.5. The van der Waals surface area contributed by atoms with E-state index in [-0.39, 0.29) is 18.1 Å². The Kier molecular flexibility index (Phi) is 5.26. The summed E-state index contributed by atoms with van der Waals surface area (Å²) < 4.78 is 22.9. The summed E-state index contributed by atoms with van der Waals surface area (Å²) in [6, 6.07) is 9.97. The van der Waals surface area contributed by atoms with Crippen LogP contribution in [0.1, 0.15) is 19.4 Å². The van der Waals surface area contributed by atoms with Crippen molar-refractivity contribution in [2.75, 3.05) is 6.61 Å². The van der Waals surface area contributed by atoms with Gasteiger partial charge in [-0.3, -0.25) is 0 Å². The fourth-order valence-corrected chi connectivity index (χ4v) is 4.13. The van der Waals surface area contributed by atoms with Crippen molar-refractivity contribution in [2.24, 2.45) is 0 Å². The molecule has 3 heterocycles. The van der Waals surface area contributed by atoms with Crippen molar-refractivity contribution in [3.05, 3.63) is 42.0 Å². The maximum atomic E-state index is 10.3. The molecule has 5 atom stereocenters. The van der Waals surface area contributed by atoms with E-state index in [4.69, 9.17) is 18.6 Å². The molecule has 176 valence electrons. The van der Waals surface area contributed by atoms with E-state index in [0.29, 0.717) is 29.1 Å². The molecular weight excluding hydrogens is 432 g/mol. The number of aromatic hydroxyl groups is 1. The first-order valence-electron chi connectivity index (χ1n) is 10.7. The van der Waals surface area contributed by atoms with Crippen molar-refractivity contribution in [3.8, 4) is 28.6 Å². The minimum atomic E-state index is -1.46. The SMILES string of the molecule is CC1(C)Oc2cc3oc(-c4cc(O)cc(O[C@H]5OC[C@@H](O)[C@@H](O)[C@H]5O)c4)cc3cc2C[C@@H]1O. The molecule has 1 saturated heterocycles. The second kappa shape index (κ2) is 7.89. The number of ether oxygens (including phenoxy) is 3. The number of hydrogen-bond acceptors (Lipinski definition) is 9. The maximum Gasteiger partial charge on any atom is 0.228 e. The lowest BCUT2D eigenvalue weighted by molar-refractivity contribution is -0.242. The Morgan fingerprint density at radius 1 is 0.970 bits per heavy atom. The van der Waals surface area contributed by atoms with Crippen LogP contribution >= 0.6 is 0 Å². The van der Waals surface area contributed by atoms with Crippen LogP contribution in [0.4, 0.5) is 0 Å². The highest BCUT2D eigenvalue weighted by Crippen LogP contribution is 2.39. The number of furan rings is 1.